The topological polar surface area (TPSA) is 84.2 Å². The van der Waals surface area contributed by atoms with Gasteiger partial charge < -0.3 is 14.8 Å². The summed E-state index contributed by atoms with van der Waals surface area (Å²) < 4.78 is 11.0. The first-order valence-corrected chi connectivity index (χ1v) is 8.40. The van der Waals surface area contributed by atoms with E-state index in [0.717, 1.165) is 0 Å². The number of aromatic nitrogens is 1. The zero-order valence-electron chi connectivity index (χ0n) is 14.9. The number of carbonyl (C=O) groups is 1. The number of nitrogens with zero attached hydrogens (tertiary/aromatic N) is 2. The average molecular weight is 374 g/mol. The van der Waals surface area contributed by atoms with Crippen molar-refractivity contribution >= 4 is 23.2 Å². The van der Waals surface area contributed by atoms with Crippen LogP contribution >= 0.6 is 11.6 Å². The van der Waals surface area contributed by atoms with Gasteiger partial charge in [-0.15, -0.1) is 0 Å². The highest BCUT2D eigenvalue weighted by Gasteiger charge is 2.12. The molecule has 2 rings (SSSR count). The highest BCUT2D eigenvalue weighted by Crippen LogP contribution is 2.21. The summed E-state index contributed by atoms with van der Waals surface area (Å²) in [6, 6.07) is 9.87. The van der Waals surface area contributed by atoms with E-state index in [0.29, 0.717) is 40.9 Å². The third-order valence-corrected chi connectivity index (χ3v) is 3.45. The number of benzene rings is 1. The molecule has 0 aliphatic heterocycles. The Bertz CT molecular complexity index is 808. The first kappa shape index (κ1) is 19.7. The van der Waals surface area contributed by atoms with Crippen LogP contribution in [0.2, 0.25) is 5.02 Å². The monoisotopic (exact) mass is 373 g/mol. The molecule has 0 aliphatic carbocycles. The summed E-state index contributed by atoms with van der Waals surface area (Å²) in [5, 5.41) is 12.2. The van der Waals surface area contributed by atoms with Crippen LogP contribution < -0.4 is 10.1 Å². The van der Waals surface area contributed by atoms with E-state index < -0.39 is 0 Å². The van der Waals surface area contributed by atoms with Gasteiger partial charge in [-0.3, -0.25) is 4.79 Å². The van der Waals surface area contributed by atoms with E-state index in [1.54, 1.807) is 24.3 Å². The lowest BCUT2D eigenvalue weighted by atomic mass is 10.2. The molecule has 1 amide bonds. The van der Waals surface area contributed by atoms with Gasteiger partial charge in [-0.2, -0.15) is 5.26 Å². The molecule has 1 aromatic carbocycles. The average Bonchev–Trinajstić information content (AvgIpc) is 2.58. The predicted molar refractivity (Wildman–Crippen MR) is 99.6 cm³/mol. The third kappa shape index (κ3) is 6.03. The van der Waals surface area contributed by atoms with Gasteiger partial charge in [0.05, 0.1) is 29.0 Å². The van der Waals surface area contributed by atoms with Gasteiger partial charge in [-0.1, -0.05) is 11.6 Å². The number of ether oxygens (including phenoxy) is 2. The molecule has 7 heteroatoms. The number of amides is 1. The summed E-state index contributed by atoms with van der Waals surface area (Å²) in [6.07, 6.45) is 1.41. The molecule has 0 saturated carbocycles. The Balaban J connectivity index is 1.95. The molecule has 0 bridgehead atoms. The Hall–Kier alpha value is -2.62. The Morgan fingerprint density at radius 1 is 1.27 bits per heavy atom. The van der Waals surface area contributed by atoms with Crippen LogP contribution in [-0.2, 0) is 4.74 Å². The van der Waals surface area contributed by atoms with Crippen molar-refractivity contribution in [3.63, 3.8) is 0 Å². The fourth-order valence-electron chi connectivity index (χ4n) is 2.01. The molecule has 1 heterocycles. The quantitative estimate of drug-likeness (QED) is 0.772. The summed E-state index contributed by atoms with van der Waals surface area (Å²) in [7, 11) is 0. The van der Waals surface area contributed by atoms with Crippen molar-refractivity contribution in [3.05, 3.63) is 52.7 Å². The van der Waals surface area contributed by atoms with E-state index in [4.69, 9.17) is 26.3 Å². The minimum atomic E-state index is -0.390. The maximum atomic E-state index is 12.3. The van der Waals surface area contributed by atoms with Crippen LogP contribution in [0.5, 0.6) is 5.88 Å². The van der Waals surface area contributed by atoms with Crippen LogP contribution in [0, 0.1) is 11.3 Å². The van der Waals surface area contributed by atoms with Gasteiger partial charge in [0, 0.05) is 17.3 Å². The second-order valence-electron chi connectivity index (χ2n) is 6.45. The van der Waals surface area contributed by atoms with E-state index in [-0.39, 0.29) is 11.5 Å². The number of halogens is 1. The number of anilines is 1. The molecular weight excluding hydrogens is 354 g/mol. The van der Waals surface area contributed by atoms with Gasteiger partial charge in [0.15, 0.2) is 0 Å². The fourth-order valence-corrected chi connectivity index (χ4v) is 2.18. The van der Waals surface area contributed by atoms with Crippen molar-refractivity contribution in [2.75, 3.05) is 18.5 Å². The number of nitriles is 1. The van der Waals surface area contributed by atoms with E-state index in [2.05, 4.69) is 10.3 Å². The lowest BCUT2D eigenvalue weighted by Gasteiger charge is -2.19. The van der Waals surface area contributed by atoms with E-state index in [1.807, 2.05) is 26.8 Å². The summed E-state index contributed by atoms with van der Waals surface area (Å²) in [4.78, 5) is 16.4. The predicted octanol–water partition coefficient (Wildman–Crippen LogP) is 4.05. The van der Waals surface area contributed by atoms with Crippen molar-refractivity contribution in [3.8, 4) is 11.9 Å². The highest BCUT2D eigenvalue weighted by atomic mass is 35.5. The van der Waals surface area contributed by atoms with Crippen molar-refractivity contribution in [1.29, 1.82) is 5.26 Å². The standard InChI is InChI=1S/C19H20ClN3O3/c1-19(2,3)26-9-8-25-17-7-5-14(12-22-17)18(24)23-16-10-15(20)6-4-13(16)11-21/h4-7,10,12H,8-9H2,1-3H3,(H,23,24). The van der Waals surface area contributed by atoms with Crippen molar-refractivity contribution in [2.45, 2.75) is 26.4 Å². The summed E-state index contributed by atoms with van der Waals surface area (Å²) in [6.45, 7) is 6.71. The number of hydrogen-bond acceptors (Lipinski definition) is 5. The zero-order chi connectivity index (χ0) is 19.2. The Morgan fingerprint density at radius 3 is 2.65 bits per heavy atom. The largest absolute Gasteiger partial charge is 0.475 e. The SMILES string of the molecule is CC(C)(C)OCCOc1ccc(C(=O)Nc2cc(Cl)ccc2C#N)cn1. The van der Waals surface area contributed by atoms with Gasteiger partial charge in [0.1, 0.15) is 12.7 Å². The molecule has 0 unspecified atom stereocenters. The summed E-state index contributed by atoms with van der Waals surface area (Å²) >= 11 is 5.91. The molecule has 0 atom stereocenters. The normalized spacial score (nSPS) is 10.9. The molecule has 0 spiro atoms. The van der Waals surface area contributed by atoms with Crippen molar-refractivity contribution < 1.29 is 14.3 Å². The molecule has 2 aromatic rings. The van der Waals surface area contributed by atoms with Gasteiger partial charge in [0.25, 0.3) is 5.91 Å². The maximum absolute atomic E-state index is 12.3. The Kier molecular flexibility index (Phi) is 6.56. The molecule has 26 heavy (non-hydrogen) atoms. The van der Waals surface area contributed by atoms with Crippen LogP contribution in [0.15, 0.2) is 36.5 Å². The minimum absolute atomic E-state index is 0.221. The molecule has 1 N–H and O–H groups in total. The van der Waals surface area contributed by atoms with Crippen LogP contribution in [0.25, 0.3) is 0 Å². The van der Waals surface area contributed by atoms with Crippen LogP contribution in [0.4, 0.5) is 5.69 Å². The van der Waals surface area contributed by atoms with Crippen molar-refractivity contribution in [1.82, 2.24) is 4.98 Å². The molecular formula is C19H20ClN3O3. The van der Waals surface area contributed by atoms with Gasteiger partial charge in [-0.25, -0.2) is 4.98 Å². The molecule has 0 aliphatic rings. The number of nitrogens with one attached hydrogen (secondary N) is 1. The highest BCUT2D eigenvalue weighted by molar-refractivity contribution is 6.31. The van der Waals surface area contributed by atoms with E-state index in [9.17, 15) is 4.79 Å². The lowest BCUT2D eigenvalue weighted by Crippen LogP contribution is -2.22. The van der Waals surface area contributed by atoms with Crippen molar-refractivity contribution in [2.24, 2.45) is 0 Å². The van der Waals surface area contributed by atoms with E-state index in [1.165, 1.54) is 12.3 Å². The van der Waals surface area contributed by atoms with Gasteiger partial charge >= 0.3 is 0 Å². The molecule has 6 nitrogen and oxygen atoms in total. The number of carbonyl (C=O) groups excluding carboxylic acids is 1. The molecule has 0 saturated heterocycles. The molecule has 0 radical (unpaired) electrons. The second-order valence-corrected chi connectivity index (χ2v) is 6.89. The van der Waals surface area contributed by atoms with Crippen LogP contribution in [0.3, 0.4) is 0 Å². The Labute approximate surface area is 157 Å². The first-order chi connectivity index (χ1) is 12.3. The van der Waals surface area contributed by atoms with E-state index >= 15 is 0 Å². The Morgan fingerprint density at radius 2 is 2.04 bits per heavy atom. The minimum Gasteiger partial charge on any atom is -0.475 e. The number of rotatable bonds is 6. The zero-order valence-corrected chi connectivity index (χ0v) is 15.6. The lowest BCUT2D eigenvalue weighted by molar-refractivity contribution is -0.0168. The molecule has 1 aromatic heterocycles. The summed E-state index contributed by atoms with van der Waals surface area (Å²) in [5.74, 6) is 0.0124. The van der Waals surface area contributed by atoms with Crippen LogP contribution in [-0.4, -0.2) is 29.7 Å². The fraction of sp³-hybridized carbons (Fsp3) is 0.316. The number of pyridine rings is 1. The summed E-state index contributed by atoms with van der Waals surface area (Å²) in [5.41, 5.74) is 0.799. The second kappa shape index (κ2) is 8.65. The number of hydrogen-bond donors (Lipinski definition) is 1. The molecule has 136 valence electrons. The molecule has 0 fully saturated rings. The first-order valence-electron chi connectivity index (χ1n) is 8.02. The van der Waals surface area contributed by atoms with Gasteiger partial charge in [0.2, 0.25) is 5.88 Å². The smallest absolute Gasteiger partial charge is 0.257 e. The third-order valence-electron chi connectivity index (χ3n) is 3.22. The maximum Gasteiger partial charge on any atom is 0.257 e. The van der Waals surface area contributed by atoms with Gasteiger partial charge in [-0.05, 0) is 45.0 Å². The van der Waals surface area contributed by atoms with Crippen LogP contribution in [0.1, 0.15) is 36.7 Å².